The maximum absolute atomic E-state index is 9.22. The third kappa shape index (κ3) is 1.49. The normalized spacial score (nSPS) is 10.6. The highest BCUT2D eigenvalue weighted by Gasteiger charge is 2.04. The van der Waals surface area contributed by atoms with Crippen LogP contribution in [0.3, 0.4) is 0 Å². The van der Waals surface area contributed by atoms with Crippen LogP contribution >= 0.6 is 27.5 Å². The Balaban J connectivity index is 2.92. The lowest BCUT2D eigenvalue weighted by molar-refractivity contribution is 0.474. The topological polar surface area (TPSA) is 33.1 Å². The lowest BCUT2D eigenvalue weighted by atomic mass is 10.2. The van der Waals surface area contributed by atoms with E-state index in [1.807, 2.05) is 6.07 Å². The van der Waals surface area contributed by atoms with Crippen molar-refractivity contribution in [1.82, 2.24) is 4.98 Å². The minimum absolute atomic E-state index is 0.135. The summed E-state index contributed by atoms with van der Waals surface area (Å²) in [7, 11) is 0. The van der Waals surface area contributed by atoms with Gasteiger partial charge in [-0.15, -0.1) is 0 Å². The van der Waals surface area contributed by atoms with Crippen LogP contribution in [0.25, 0.3) is 10.9 Å². The van der Waals surface area contributed by atoms with E-state index in [-0.39, 0.29) is 5.75 Å². The van der Waals surface area contributed by atoms with Crippen molar-refractivity contribution >= 4 is 38.4 Å². The SMILES string of the molecule is Oc1cnc2c(Cl)ccc(Br)c2c1. The van der Waals surface area contributed by atoms with E-state index in [0.717, 1.165) is 9.86 Å². The van der Waals surface area contributed by atoms with Gasteiger partial charge in [-0.2, -0.15) is 0 Å². The molecule has 2 nitrogen and oxygen atoms in total. The number of pyridine rings is 1. The van der Waals surface area contributed by atoms with E-state index in [2.05, 4.69) is 20.9 Å². The first kappa shape index (κ1) is 8.78. The standard InChI is InChI=1S/C9H5BrClNO/c10-7-1-2-8(11)9-6(7)3-5(13)4-12-9/h1-4,13H. The number of aromatic nitrogens is 1. The fourth-order valence-electron chi connectivity index (χ4n) is 1.14. The number of nitrogens with zero attached hydrogens (tertiary/aromatic N) is 1. The number of aromatic hydroxyl groups is 1. The molecule has 0 aliphatic carbocycles. The first-order chi connectivity index (χ1) is 6.18. The molecule has 1 N–H and O–H groups in total. The fraction of sp³-hybridized carbons (Fsp3) is 0. The van der Waals surface area contributed by atoms with Gasteiger partial charge in [0.2, 0.25) is 0 Å². The van der Waals surface area contributed by atoms with Crippen molar-refractivity contribution in [2.45, 2.75) is 0 Å². The molecule has 0 bridgehead atoms. The molecular formula is C9H5BrClNO. The van der Waals surface area contributed by atoms with Crippen LogP contribution in [-0.4, -0.2) is 10.1 Å². The van der Waals surface area contributed by atoms with Gasteiger partial charge in [0.05, 0.1) is 16.7 Å². The minimum Gasteiger partial charge on any atom is -0.506 e. The molecule has 0 unspecified atom stereocenters. The molecule has 0 atom stereocenters. The molecule has 0 fully saturated rings. The number of hydrogen-bond acceptors (Lipinski definition) is 2. The van der Waals surface area contributed by atoms with Crippen molar-refractivity contribution < 1.29 is 5.11 Å². The predicted molar refractivity (Wildman–Crippen MR) is 56.1 cm³/mol. The minimum atomic E-state index is 0.135. The van der Waals surface area contributed by atoms with Gasteiger partial charge in [0.25, 0.3) is 0 Å². The predicted octanol–water partition coefficient (Wildman–Crippen LogP) is 3.36. The molecule has 1 aromatic carbocycles. The van der Waals surface area contributed by atoms with Crippen LogP contribution in [0.5, 0.6) is 5.75 Å². The summed E-state index contributed by atoms with van der Waals surface area (Å²) in [6, 6.07) is 5.21. The van der Waals surface area contributed by atoms with Crippen molar-refractivity contribution in [3.05, 3.63) is 33.9 Å². The maximum Gasteiger partial charge on any atom is 0.134 e. The Morgan fingerprint density at radius 2 is 2.15 bits per heavy atom. The smallest absolute Gasteiger partial charge is 0.134 e. The molecule has 2 aromatic rings. The Bertz CT molecular complexity index is 472. The highest BCUT2D eigenvalue weighted by atomic mass is 79.9. The highest BCUT2D eigenvalue weighted by Crippen LogP contribution is 2.30. The average molecular weight is 259 g/mol. The molecule has 0 radical (unpaired) electrons. The van der Waals surface area contributed by atoms with E-state index in [1.54, 1.807) is 12.1 Å². The molecule has 0 saturated heterocycles. The third-order valence-corrected chi connectivity index (χ3v) is 2.73. The van der Waals surface area contributed by atoms with Crippen LogP contribution in [0.2, 0.25) is 5.02 Å². The van der Waals surface area contributed by atoms with E-state index < -0.39 is 0 Å². The van der Waals surface area contributed by atoms with Gasteiger partial charge in [0.1, 0.15) is 5.75 Å². The number of halogens is 2. The van der Waals surface area contributed by atoms with Crippen molar-refractivity contribution in [3.63, 3.8) is 0 Å². The number of rotatable bonds is 0. The van der Waals surface area contributed by atoms with E-state index in [0.29, 0.717) is 10.5 Å². The molecule has 4 heteroatoms. The number of benzene rings is 1. The van der Waals surface area contributed by atoms with E-state index in [9.17, 15) is 5.11 Å². The molecule has 0 amide bonds. The lowest BCUT2D eigenvalue weighted by Crippen LogP contribution is -1.80. The maximum atomic E-state index is 9.22. The van der Waals surface area contributed by atoms with Crippen LogP contribution in [0, 0.1) is 0 Å². The molecule has 2 rings (SSSR count). The van der Waals surface area contributed by atoms with Gasteiger partial charge >= 0.3 is 0 Å². The van der Waals surface area contributed by atoms with Crippen molar-refractivity contribution in [2.24, 2.45) is 0 Å². The summed E-state index contributed by atoms with van der Waals surface area (Å²) in [4.78, 5) is 4.03. The molecule has 66 valence electrons. The number of hydrogen-bond donors (Lipinski definition) is 1. The largest absolute Gasteiger partial charge is 0.506 e. The molecule has 13 heavy (non-hydrogen) atoms. The summed E-state index contributed by atoms with van der Waals surface area (Å²) in [5.41, 5.74) is 0.689. The van der Waals surface area contributed by atoms with Crippen molar-refractivity contribution in [1.29, 1.82) is 0 Å². The summed E-state index contributed by atoms with van der Waals surface area (Å²) in [5, 5.41) is 10.6. The van der Waals surface area contributed by atoms with Crippen LogP contribution in [0.15, 0.2) is 28.9 Å². The molecule has 1 heterocycles. The average Bonchev–Trinajstić information content (AvgIpc) is 2.12. The monoisotopic (exact) mass is 257 g/mol. The van der Waals surface area contributed by atoms with Gasteiger partial charge in [0.15, 0.2) is 0 Å². The highest BCUT2D eigenvalue weighted by molar-refractivity contribution is 9.10. The molecule has 1 aromatic heterocycles. The van der Waals surface area contributed by atoms with E-state index in [4.69, 9.17) is 11.6 Å². The summed E-state index contributed by atoms with van der Waals surface area (Å²) >= 11 is 9.27. The quantitative estimate of drug-likeness (QED) is 0.786. The zero-order valence-electron chi connectivity index (χ0n) is 6.46. The van der Waals surface area contributed by atoms with Crippen LogP contribution in [0.1, 0.15) is 0 Å². The van der Waals surface area contributed by atoms with Gasteiger partial charge in [-0.25, -0.2) is 0 Å². The molecule has 0 spiro atoms. The molecule has 0 aliphatic rings. The van der Waals surface area contributed by atoms with Gasteiger partial charge in [-0.3, -0.25) is 4.98 Å². The Morgan fingerprint density at radius 3 is 2.92 bits per heavy atom. The lowest BCUT2D eigenvalue weighted by Gasteiger charge is -2.01. The summed E-state index contributed by atoms with van der Waals surface area (Å²) in [6.07, 6.45) is 1.38. The van der Waals surface area contributed by atoms with E-state index in [1.165, 1.54) is 6.20 Å². The van der Waals surface area contributed by atoms with Gasteiger partial charge in [-0.1, -0.05) is 27.5 Å². The molecule has 0 saturated carbocycles. The second kappa shape index (κ2) is 3.16. The van der Waals surface area contributed by atoms with Gasteiger partial charge in [0, 0.05) is 9.86 Å². The Kier molecular flexibility index (Phi) is 2.14. The second-order valence-electron chi connectivity index (χ2n) is 2.62. The second-order valence-corrected chi connectivity index (χ2v) is 3.88. The van der Waals surface area contributed by atoms with E-state index >= 15 is 0 Å². The van der Waals surface area contributed by atoms with Crippen molar-refractivity contribution in [2.75, 3.05) is 0 Å². The summed E-state index contributed by atoms with van der Waals surface area (Å²) in [6.45, 7) is 0. The van der Waals surface area contributed by atoms with Gasteiger partial charge < -0.3 is 5.11 Å². The van der Waals surface area contributed by atoms with Crippen LogP contribution < -0.4 is 0 Å². The van der Waals surface area contributed by atoms with Crippen molar-refractivity contribution in [3.8, 4) is 5.75 Å². The Labute approximate surface area is 88.3 Å². The van der Waals surface area contributed by atoms with Crippen LogP contribution in [-0.2, 0) is 0 Å². The molecule has 0 aliphatic heterocycles. The molecular weight excluding hydrogens is 253 g/mol. The summed E-state index contributed by atoms with van der Waals surface area (Å²) in [5.74, 6) is 0.135. The Hall–Kier alpha value is -0.800. The fourth-order valence-corrected chi connectivity index (χ4v) is 1.79. The number of fused-ring (bicyclic) bond motifs is 1. The zero-order valence-corrected chi connectivity index (χ0v) is 8.80. The first-order valence-corrected chi connectivity index (χ1v) is 4.78. The summed E-state index contributed by atoms with van der Waals surface area (Å²) < 4.78 is 0.871. The van der Waals surface area contributed by atoms with Crippen LogP contribution in [0.4, 0.5) is 0 Å². The first-order valence-electron chi connectivity index (χ1n) is 3.61. The third-order valence-electron chi connectivity index (χ3n) is 1.73. The van der Waals surface area contributed by atoms with Gasteiger partial charge in [-0.05, 0) is 18.2 Å². The zero-order chi connectivity index (χ0) is 9.42. The Morgan fingerprint density at radius 1 is 1.38 bits per heavy atom.